The number of hydrogen-bond acceptors (Lipinski definition) is 10. The Kier molecular flexibility index (Phi) is 10.6. The van der Waals surface area contributed by atoms with Gasteiger partial charge in [-0.2, -0.15) is 4.68 Å². The maximum atomic E-state index is 14.0. The molecule has 5 aromatic rings. The smallest absolute Gasteiger partial charge is 0.352 e. The summed E-state index contributed by atoms with van der Waals surface area (Å²) in [5.41, 5.74) is 2.47. The Bertz CT molecular complexity index is 2170. The summed E-state index contributed by atoms with van der Waals surface area (Å²) >= 11 is 6.28. The number of rotatable bonds is 12. The van der Waals surface area contributed by atoms with E-state index in [2.05, 4.69) is 36.5 Å². The molecule has 0 spiro atoms. The van der Waals surface area contributed by atoms with Gasteiger partial charge in [0.1, 0.15) is 18.1 Å². The summed E-state index contributed by atoms with van der Waals surface area (Å²) in [6.45, 7) is 0.916. The molecule has 1 fully saturated rings. The number of tetrazole rings is 1. The molecule has 53 heavy (non-hydrogen) atoms. The van der Waals surface area contributed by atoms with E-state index in [1.807, 2.05) is 0 Å². The molecular weight excluding hydrogens is 712 g/mol. The number of anilines is 3. The summed E-state index contributed by atoms with van der Waals surface area (Å²) in [5, 5.41) is 48.4. The predicted molar refractivity (Wildman–Crippen MR) is 191 cm³/mol. The van der Waals surface area contributed by atoms with Gasteiger partial charge in [0.25, 0.3) is 0 Å². The molecule has 0 saturated carbocycles. The Morgan fingerprint density at radius 2 is 1.70 bits per heavy atom. The van der Waals surface area contributed by atoms with Gasteiger partial charge < -0.3 is 46.1 Å². The third kappa shape index (κ3) is 8.09. The zero-order valence-electron chi connectivity index (χ0n) is 27.9. The second-order valence-corrected chi connectivity index (χ2v) is 12.6. The first kappa shape index (κ1) is 36.4. The highest BCUT2D eigenvalue weighted by atomic mass is 35.5. The van der Waals surface area contributed by atoms with Crippen LogP contribution in [-0.4, -0.2) is 113 Å². The van der Waals surface area contributed by atoms with Crippen LogP contribution in [0.2, 0.25) is 5.02 Å². The van der Waals surface area contributed by atoms with Gasteiger partial charge in [0.2, 0.25) is 5.91 Å². The quantitative estimate of drug-likeness (QED) is 0.0908. The molecule has 0 unspecified atom stereocenters. The number of halogens is 1. The van der Waals surface area contributed by atoms with Crippen molar-refractivity contribution in [3.8, 4) is 5.69 Å². The lowest BCUT2D eigenvalue weighted by Crippen LogP contribution is -2.60. The highest BCUT2D eigenvalue weighted by Crippen LogP contribution is 2.30. The standard InChI is InChI=1S/C34H33ClN10O8/c1-18(47)26(16-46)40-34(53)38-22-5-2-19(3-6-22)12-29(30(48)37-23-7-8-24-20(13-23)14-25(39-24)33(51)52)44-11-10-43(31(49)32(44)50)28-15-21(35)4-9-27(28)45-17-36-41-42-45/h2-9,13-15,17-18,26,29,39,46-47H,10-12,16H2,1H3,(H,37,48)(H,51,52)(H2,38,40,53)/t18-,26-,29+/m1/s1. The first-order chi connectivity index (χ1) is 25.4. The lowest BCUT2D eigenvalue weighted by atomic mass is 10.0. The number of aliphatic hydroxyl groups is 2. The average Bonchev–Trinajstić information content (AvgIpc) is 3.82. The van der Waals surface area contributed by atoms with E-state index in [0.717, 1.165) is 0 Å². The number of piperazine rings is 1. The molecule has 274 valence electrons. The summed E-state index contributed by atoms with van der Waals surface area (Å²) < 4.78 is 1.33. The monoisotopic (exact) mass is 744 g/mol. The van der Waals surface area contributed by atoms with Gasteiger partial charge in [-0.25, -0.2) is 9.59 Å². The van der Waals surface area contributed by atoms with Crippen LogP contribution in [0.25, 0.3) is 16.6 Å². The molecule has 3 aromatic carbocycles. The van der Waals surface area contributed by atoms with E-state index >= 15 is 0 Å². The summed E-state index contributed by atoms with van der Waals surface area (Å²) in [7, 11) is 0. The number of nitrogens with zero attached hydrogens (tertiary/aromatic N) is 6. The third-order valence-corrected chi connectivity index (χ3v) is 8.85. The molecule has 7 N–H and O–H groups in total. The average molecular weight is 745 g/mol. The van der Waals surface area contributed by atoms with Crippen molar-refractivity contribution in [3.05, 3.63) is 89.3 Å². The summed E-state index contributed by atoms with van der Waals surface area (Å²) in [4.78, 5) is 70.8. The number of urea groups is 1. The number of carbonyl (C=O) groups excluding carboxylic acids is 4. The Balaban J connectivity index is 1.25. The van der Waals surface area contributed by atoms with Crippen molar-refractivity contribution in [3.63, 3.8) is 0 Å². The predicted octanol–water partition coefficient (Wildman–Crippen LogP) is 1.78. The number of hydrogen-bond donors (Lipinski definition) is 7. The highest BCUT2D eigenvalue weighted by molar-refractivity contribution is 6.41. The molecule has 0 radical (unpaired) electrons. The van der Waals surface area contributed by atoms with Crippen molar-refractivity contribution < 1.29 is 39.3 Å². The highest BCUT2D eigenvalue weighted by Gasteiger charge is 2.40. The molecule has 1 aliphatic rings. The van der Waals surface area contributed by atoms with E-state index in [9.17, 15) is 39.3 Å². The number of carboxylic acid groups (broad SMARTS) is 1. The van der Waals surface area contributed by atoms with Crippen LogP contribution in [0.1, 0.15) is 23.0 Å². The van der Waals surface area contributed by atoms with Crippen molar-refractivity contribution in [2.24, 2.45) is 0 Å². The minimum atomic E-state index is -1.19. The minimum absolute atomic E-state index is 0.00361. The number of benzene rings is 3. The number of aliphatic hydroxyl groups excluding tert-OH is 2. The first-order valence-corrected chi connectivity index (χ1v) is 16.6. The number of carboxylic acids is 1. The molecule has 1 aliphatic heterocycles. The van der Waals surface area contributed by atoms with Crippen LogP contribution in [0.5, 0.6) is 0 Å². The summed E-state index contributed by atoms with van der Waals surface area (Å²) in [5.74, 6) is -3.62. The van der Waals surface area contributed by atoms with Gasteiger partial charge in [0, 0.05) is 46.8 Å². The topological polar surface area (TPSA) is 248 Å². The molecule has 2 aromatic heterocycles. The molecule has 0 aliphatic carbocycles. The van der Waals surface area contributed by atoms with Gasteiger partial charge in [-0.05, 0) is 77.5 Å². The van der Waals surface area contributed by atoms with E-state index in [1.54, 1.807) is 54.6 Å². The van der Waals surface area contributed by atoms with E-state index in [1.165, 1.54) is 39.9 Å². The SMILES string of the molecule is C[C@@H](O)[C@@H](CO)NC(=O)Nc1ccc(C[C@@H](C(=O)Nc2ccc3[nH]c(C(=O)O)cc3c2)N2CCN(c3cc(Cl)ccc3-n3cnnn3)C(=O)C2=O)cc1. The molecule has 6 rings (SSSR count). The van der Waals surface area contributed by atoms with Crippen LogP contribution in [0.15, 0.2) is 73.1 Å². The maximum Gasteiger partial charge on any atom is 0.352 e. The van der Waals surface area contributed by atoms with E-state index in [4.69, 9.17) is 11.6 Å². The van der Waals surface area contributed by atoms with Crippen LogP contribution in [0.4, 0.5) is 21.9 Å². The zero-order valence-corrected chi connectivity index (χ0v) is 28.7. The first-order valence-electron chi connectivity index (χ1n) is 16.2. The van der Waals surface area contributed by atoms with Crippen LogP contribution >= 0.6 is 11.6 Å². The number of amides is 5. The molecule has 1 saturated heterocycles. The molecule has 3 atom stereocenters. The Morgan fingerprint density at radius 1 is 0.943 bits per heavy atom. The van der Waals surface area contributed by atoms with Crippen LogP contribution in [0, 0.1) is 0 Å². The van der Waals surface area contributed by atoms with E-state index < -0.39 is 54.5 Å². The Labute approximate surface area is 305 Å². The number of fused-ring (bicyclic) bond motifs is 1. The van der Waals surface area contributed by atoms with E-state index in [-0.39, 0.29) is 30.9 Å². The number of aromatic carboxylic acids is 1. The fourth-order valence-electron chi connectivity index (χ4n) is 5.85. The van der Waals surface area contributed by atoms with Crippen LogP contribution in [0.3, 0.4) is 0 Å². The van der Waals surface area contributed by atoms with Gasteiger partial charge in [-0.3, -0.25) is 14.4 Å². The van der Waals surface area contributed by atoms with Gasteiger partial charge in [-0.15, -0.1) is 5.10 Å². The van der Waals surface area contributed by atoms with Gasteiger partial charge >= 0.3 is 23.8 Å². The molecule has 3 heterocycles. The number of aromatic nitrogens is 5. The van der Waals surface area contributed by atoms with Crippen molar-refractivity contribution in [2.45, 2.75) is 31.5 Å². The summed E-state index contributed by atoms with van der Waals surface area (Å²) in [6, 6.07) is 14.6. The van der Waals surface area contributed by atoms with Crippen LogP contribution in [-0.2, 0) is 20.8 Å². The molecule has 19 heteroatoms. The minimum Gasteiger partial charge on any atom is -0.477 e. The van der Waals surface area contributed by atoms with Crippen molar-refractivity contribution >= 4 is 69.3 Å². The van der Waals surface area contributed by atoms with Gasteiger partial charge in [-0.1, -0.05) is 23.7 Å². The zero-order chi connectivity index (χ0) is 37.8. The molecule has 0 bridgehead atoms. The molecule has 5 amide bonds. The fourth-order valence-corrected chi connectivity index (χ4v) is 6.02. The van der Waals surface area contributed by atoms with Crippen molar-refractivity contribution in [1.82, 2.24) is 35.4 Å². The van der Waals surface area contributed by atoms with Crippen molar-refractivity contribution in [1.29, 1.82) is 0 Å². The number of nitrogens with one attached hydrogen (secondary N) is 4. The van der Waals surface area contributed by atoms with E-state index in [0.29, 0.717) is 38.6 Å². The number of H-pyrrole nitrogens is 1. The largest absolute Gasteiger partial charge is 0.477 e. The van der Waals surface area contributed by atoms with Crippen LogP contribution < -0.4 is 20.9 Å². The van der Waals surface area contributed by atoms with Gasteiger partial charge in [0.05, 0.1) is 30.1 Å². The Hall–Kier alpha value is -6.37. The fraction of sp³-hybridized carbons (Fsp3) is 0.235. The molecular formula is C34H33ClN10O8. The maximum absolute atomic E-state index is 14.0. The van der Waals surface area contributed by atoms with Crippen molar-refractivity contribution in [2.75, 3.05) is 35.2 Å². The number of aromatic amines is 1. The third-order valence-electron chi connectivity index (χ3n) is 8.61. The number of carbonyl (C=O) groups is 5. The van der Waals surface area contributed by atoms with Gasteiger partial charge in [0.15, 0.2) is 0 Å². The second kappa shape index (κ2) is 15.5. The summed E-state index contributed by atoms with van der Waals surface area (Å²) in [6.07, 6.45) is 0.310. The second-order valence-electron chi connectivity index (χ2n) is 12.2. The lowest BCUT2D eigenvalue weighted by Gasteiger charge is -2.38. The lowest BCUT2D eigenvalue weighted by molar-refractivity contribution is -0.149. The molecule has 18 nitrogen and oxygen atoms in total. The Morgan fingerprint density at radius 3 is 2.38 bits per heavy atom. The normalized spacial score (nSPS) is 14.9.